The van der Waals surface area contributed by atoms with Gasteiger partial charge in [-0.3, -0.25) is 0 Å². The maximum absolute atomic E-state index is 10.5. The predicted octanol–water partition coefficient (Wildman–Crippen LogP) is 2.61. The van der Waals surface area contributed by atoms with Gasteiger partial charge in [0.2, 0.25) is 0 Å². The van der Waals surface area contributed by atoms with Crippen LogP contribution in [0, 0.1) is 17.4 Å². The number of aliphatic hydroxyl groups excluding tert-OH is 3. The van der Waals surface area contributed by atoms with Crippen LogP contribution in [0.25, 0.3) is 0 Å². The summed E-state index contributed by atoms with van der Waals surface area (Å²) in [6.07, 6.45) is -2.58. The third kappa shape index (κ3) is 7.50. The molecule has 0 spiro atoms. The Balaban J connectivity index is 5.08. The second kappa shape index (κ2) is 8.28. The molecular weight excluding hydrogens is 324 g/mol. The minimum absolute atomic E-state index is 0.0143. The molecule has 0 aromatic carbocycles. The van der Waals surface area contributed by atoms with Gasteiger partial charge in [0.15, 0.2) is 8.32 Å². The normalized spacial score (nSPS) is 18.6. The highest BCUT2D eigenvalue weighted by molar-refractivity contribution is 6.83. The van der Waals surface area contributed by atoms with Crippen LogP contribution in [-0.4, -0.2) is 56.6 Å². The lowest BCUT2D eigenvalue weighted by Gasteiger charge is -2.41. The van der Waals surface area contributed by atoms with Crippen LogP contribution < -0.4 is 0 Å². The Kier molecular flexibility index (Phi) is 8.22. The van der Waals surface area contributed by atoms with Crippen molar-refractivity contribution in [1.82, 2.24) is 0 Å². The topological polar surface area (TPSA) is 69.9 Å². The van der Waals surface area contributed by atoms with Crippen molar-refractivity contribution in [2.45, 2.75) is 83.8 Å². The number of rotatable bonds is 6. The van der Waals surface area contributed by atoms with Gasteiger partial charge in [-0.15, -0.1) is 5.54 Å². The molecule has 136 valence electrons. The average molecular weight is 361 g/mol. The van der Waals surface area contributed by atoms with E-state index < -0.39 is 40.6 Å². The molecule has 0 heterocycles. The van der Waals surface area contributed by atoms with Gasteiger partial charge in [0.05, 0.1) is 18.8 Å². The molecule has 0 aliphatic heterocycles. The molecule has 0 amide bonds. The van der Waals surface area contributed by atoms with Gasteiger partial charge in [0.1, 0.15) is 14.2 Å². The van der Waals surface area contributed by atoms with Gasteiger partial charge >= 0.3 is 0 Å². The van der Waals surface area contributed by atoms with Crippen molar-refractivity contribution in [3.63, 3.8) is 0 Å². The first-order valence-corrected chi connectivity index (χ1v) is 14.7. The summed E-state index contributed by atoms with van der Waals surface area (Å²) in [4.78, 5) is 0. The molecule has 3 N–H and O–H groups in total. The molecule has 23 heavy (non-hydrogen) atoms. The van der Waals surface area contributed by atoms with E-state index in [1.54, 1.807) is 6.92 Å². The highest BCUT2D eigenvalue weighted by atomic mass is 28.4. The maximum Gasteiger partial charge on any atom is 0.192 e. The SMILES string of the molecule is C[C@H]([C@@H](O)[C@H](CO)O[Si](C)(C)C(C)(C)C)[C@H](O)C#C[Si](C)(C)C. The summed E-state index contributed by atoms with van der Waals surface area (Å²) in [5, 5.41) is 30.4. The highest BCUT2D eigenvalue weighted by Gasteiger charge is 2.41. The zero-order chi connectivity index (χ0) is 18.6. The van der Waals surface area contributed by atoms with Crippen molar-refractivity contribution in [2.24, 2.45) is 5.92 Å². The van der Waals surface area contributed by atoms with Gasteiger partial charge < -0.3 is 19.7 Å². The van der Waals surface area contributed by atoms with Gasteiger partial charge in [-0.05, 0) is 18.1 Å². The summed E-state index contributed by atoms with van der Waals surface area (Å²) in [6, 6.07) is 0. The quantitative estimate of drug-likeness (QED) is 0.503. The molecule has 0 saturated heterocycles. The first-order chi connectivity index (χ1) is 10.1. The van der Waals surface area contributed by atoms with Crippen molar-refractivity contribution in [2.75, 3.05) is 6.61 Å². The van der Waals surface area contributed by atoms with Crippen LogP contribution in [0.1, 0.15) is 27.7 Å². The standard InChI is InChI=1S/C17H36O4Si2/c1-13(14(19)10-11-22(5,6)7)16(20)15(12-18)21-23(8,9)17(2,3)4/h13-16,18-20H,12H2,1-9H3/t13-,14+,15-,16+/m0/s1. The number of hydrogen-bond acceptors (Lipinski definition) is 4. The summed E-state index contributed by atoms with van der Waals surface area (Å²) < 4.78 is 6.12. The van der Waals surface area contributed by atoms with Gasteiger partial charge in [-0.2, -0.15) is 0 Å². The number of hydrogen-bond donors (Lipinski definition) is 3. The molecule has 0 saturated carbocycles. The van der Waals surface area contributed by atoms with Gasteiger partial charge in [-0.25, -0.2) is 0 Å². The Bertz CT molecular complexity index is 427. The van der Waals surface area contributed by atoms with Crippen LogP contribution in [0.4, 0.5) is 0 Å². The molecule has 0 aromatic rings. The molecule has 6 heteroatoms. The van der Waals surface area contributed by atoms with Crippen LogP contribution in [0.3, 0.4) is 0 Å². The first kappa shape index (κ1) is 22.8. The van der Waals surface area contributed by atoms with E-state index in [9.17, 15) is 15.3 Å². The summed E-state index contributed by atoms with van der Waals surface area (Å²) in [5.41, 5.74) is 3.12. The lowest BCUT2D eigenvalue weighted by Crippen LogP contribution is -2.50. The lowest BCUT2D eigenvalue weighted by molar-refractivity contribution is -0.0527. The van der Waals surface area contributed by atoms with Crippen molar-refractivity contribution in [3.8, 4) is 11.5 Å². The van der Waals surface area contributed by atoms with Crippen molar-refractivity contribution < 1.29 is 19.7 Å². The average Bonchev–Trinajstić information content (AvgIpc) is 2.38. The van der Waals surface area contributed by atoms with Gasteiger partial charge in [0.25, 0.3) is 0 Å². The smallest absolute Gasteiger partial charge is 0.192 e. The van der Waals surface area contributed by atoms with Crippen LogP contribution in [-0.2, 0) is 4.43 Å². The predicted molar refractivity (Wildman–Crippen MR) is 101 cm³/mol. The van der Waals surface area contributed by atoms with E-state index in [0.717, 1.165) is 0 Å². The van der Waals surface area contributed by atoms with E-state index in [4.69, 9.17) is 4.43 Å². The van der Waals surface area contributed by atoms with E-state index in [-0.39, 0.29) is 11.6 Å². The van der Waals surface area contributed by atoms with E-state index in [2.05, 4.69) is 65.0 Å². The van der Waals surface area contributed by atoms with Crippen LogP contribution in [0.5, 0.6) is 0 Å². The molecule has 0 fully saturated rings. The molecule has 0 aromatic heterocycles. The Morgan fingerprint density at radius 2 is 1.52 bits per heavy atom. The molecule has 0 bridgehead atoms. The van der Waals surface area contributed by atoms with E-state index in [1.807, 2.05) is 0 Å². The zero-order valence-electron chi connectivity index (χ0n) is 16.3. The van der Waals surface area contributed by atoms with E-state index in [0.29, 0.717) is 0 Å². The Labute approximate surface area is 144 Å². The maximum atomic E-state index is 10.5. The Morgan fingerprint density at radius 3 is 1.87 bits per heavy atom. The van der Waals surface area contributed by atoms with Crippen LogP contribution >= 0.6 is 0 Å². The largest absolute Gasteiger partial charge is 0.409 e. The molecule has 0 rings (SSSR count). The molecular formula is C17H36O4Si2. The minimum Gasteiger partial charge on any atom is -0.409 e. The van der Waals surface area contributed by atoms with E-state index >= 15 is 0 Å². The highest BCUT2D eigenvalue weighted by Crippen LogP contribution is 2.38. The monoisotopic (exact) mass is 360 g/mol. The summed E-state index contributed by atoms with van der Waals surface area (Å²) in [6.45, 7) is 18.3. The fraction of sp³-hybridized carbons (Fsp3) is 0.882. The second-order valence-corrected chi connectivity index (χ2v) is 18.4. The third-order valence-corrected chi connectivity index (χ3v) is 9.84. The summed E-state index contributed by atoms with van der Waals surface area (Å²) >= 11 is 0. The fourth-order valence-corrected chi connectivity index (χ4v) is 3.62. The molecule has 4 nitrogen and oxygen atoms in total. The second-order valence-electron chi connectivity index (χ2n) is 8.91. The summed E-state index contributed by atoms with van der Waals surface area (Å²) in [5.74, 6) is 2.37. The lowest BCUT2D eigenvalue weighted by atomic mass is 9.95. The van der Waals surface area contributed by atoms with Gasteiger partial charge in [0, 0.05) is 5.92 Å². The molecule has 0 aliphatic carbocycles. The Hall–Kier alpha value is -0.166. The molecule has 0 aliphatic rings. The fourth-order valence-electron chi connectivity index (χ4n) is 1.72. The molecule has 0 radical (unpaired) electrons. The van der Waals surface area contributed by atoms with E-state index in [1.165, 1.54) is 0 Å². The molecule has 0 unspecified atom stereocenters. The first-order valence-electron chi connectivity index (χ1n) is 8.30. The molecule has 4 atom stereocenters. The van der Waals surface area contributed by atoms with Crippen LogP contribution in [0.15, 0.2) is 0 Å². The van der Waals surface area contributed by atoms with Crippen molar-refractivity contribution >= 4 is 16.4 Å². The number of aliphatic hydroxyl groups is 3. The van der Waals surface area contributed by atoms with Gasteiger partial charge in [-0.1, -0.05) is 53.3 Å². The van der Waals surface area contributed by atoms with Crippen molar-refractivity contribution in [1.29, 1.82) is 0 Å². The third-order valence-electron chi connectivity index (χ3n) is 4.44. The Morgan fingerprint density at radius 1 is 1.04 bits per heavy atom. The van der Waals surface area contributed by atoms with Crippen molar-refractivity contribution in [3.05, 3.63) is 0 Å². The zero-order valence-corrected chi connectivity index (χ0v) is 18.3. The van der Waals surface area contributed by atoms with Crippen LogP contribution in [0.2, 0.25) is 37.8 Å². The summed E-state index contributed by atoms with van der Waals surface area (Å²) in [7, 11) is -3.69. The minimum atomic E-state index is -2.11.